The van der Waals surface area contributed by atoms with Gasteiger partial charge in [-0.25, -0.2) is 5.01 Å². The van der Waals surface area contributed by atoms with Gasteiger partial charge in [-0.15, -0.1) is 0 Å². The first-order valence-electron chi connectivity index (χ1n) is 10.6. The molecule has 0 saturated heterocycles. The zero-order valence-electron chi connectivity index (χ0n) is 18.2. The number of rotatable bonds is 7. The van der Waals surface area contributed by atoms with Crippen molar-refractivity contribution in [2.45, 2.75) is 19.0 Å². The van der Waals surface area contributed by atoms with Crippen LogP contribution in [0.4, 0.5) is 0 Å². The van der Waals surface area contributed by atoms with Crippen LogP contribution in [0.2, 0.25) is 5.02 Å². The SMILES string of the molecule is COc1cccc(C2=NN(C(=O)CN(C)Cc3ccccc3)[C@@H](c3ccccc3Cl)C2)c1. The predicted octanol–water partition coefficient (Wildman–Crippen LogP) is 5.16. The van der Waals surface area contributed by atoms with E-state index in [1.807, 2.05) is 78.7 Å². The molecule has 3 aromatic carbocycles. The number of benzene rings is 3. The van der Waals surface area contributed by atoms with Gasteiger partial charge in [0.05, 0.1) is 25.4 Å². The Balaban J connectivity index is 1.59. The van der Waals surface area contributed by atoms with Crippen LogP contribution in [0.1, 0.15) is 29.2 Å². The molecule has 0 fully saturated rings. The monoisotopic (exact) mass is 447 g/mol. The van der Waals surface area contributed by atoms with E-state index in [1.54, 1.807) is 12.1 Å². The minimum absolute atomic E-state index is 0.0637. The molecule has 0 aliphatic carbocycles. The molecule has 1 amide bonds. The number of hydrogen-bond donors (Lipinski definition) is 0. The largest absolute Gasteiger partial charge is 0.497 e. The number of carbonyl (C=O) groups excluding carboxylic acids is 1. The average molecular weight is 448 g/mol. The Morgan fingerprint density at radius 3 is 2.59 bits per heavy atom. The molecule has 0 saturated carbocycles. The van der Waals surface area contributed by atoms with Gasteiger partial charge in [0.2, 0.25) is 0 Å². The molecule has 0 aromatic heterocycles. The third-order valence-corrected chi connectivity index (χ3v) is 5.88. The molecule has 6 heteroatoms. The van der Waals surface area contributed by atoms with E-state index in [1.165, 1.54) is 0 Å². The molecule has 0 unspecified atom stereocenters. The van der Waals surface area contributed by atoms with E-state index < -0.39 is 0 Å². The summed E-state index contributed by atoms with van der Waals surface area (Å²) in [5.74, 6) is 0.693. The third kappa shape index (κ3) is 5.01. The van der Waals surface area contributed by atoms with Crippen LogP contribution in [0.5, 0.6) is 5.75 Å². The molecule has 0 N–H and O–H groups in total. The van der Waals surface area contributed by atoms with Gasteiger partial charge in [0.25, 0.3) is 5.91 Å². The van der Waals surface area contributed by atoms with Gasteiger partial charge in [0.1, 0.15) is 5.75 Å². The van der Waals surface area contributed by atoms with E-state index in [0.717, 1.165) is 28.2 Å². The van der Waals surface area contributed by atoms with Gasteiger partial charge in [-0.05, 0) is 36.4 Å². The fourth-order valence-electron chi connectivity index (χ4n) is 3.96. The van der Waals surface area contributed by atoms with E-state index >= 15 is 0 Å². The molecule has 1 heterocycles. The lowest BCUT2D eigenvalue weighted by molar-refractivity contribution is -0.134. The van der Waals surface area contributed by atoms with Gasteiger partial charge in [-0.1, -0.05) is 72.3 Å². The highest BCUT2D eigenvalue weighted by atomic mass is 35.5. The maximum absolute atomic E-state index is 13.4. The van der Waals surface area contributed by atoms with Crippen molar-refractivity contribution in [1.29, 1.82) is 0 Å². The molecule has 1 aliphatic rings. The fourth-order valence-corrected chi connectivity index (χ4v) is 4.22. The summed E-state index contributed by atoms with van der Waals surface area (Å²) in [6.45, 7) is 0.939. The van der Waals surface area contributed by atoms with Crippen molar-refractivity contribution < 1.29 is 9.53 Å². The van der Waals surface area contributed by atoms with Gasteiger partial charge in [-0.2, -0.15) is 5.10 Å². The first-order valence-corrected chi connectivity index (χ1v) is 10.9. The van der Waals surface area contributed by atoms with Crippen LogP contribution in [-0.4, -0.2) is 42.2 Å². The Labute approximate surface area is 193 Å². The summed E-state index contributed by atoms with van der Waals surface area (Å²) in [6.07, 6.45) is 0.588. The molecule has 0 bridgehead atoms. The van der Waals surface area contributed by atoms with Gasteiger partial charge in [0.15, 0.2) is 0 Å². The first kappa shape index (κ1) is 22.1. The molecule has 4 rings (SSSR count). The van der Waals surface area contributed by atoms with E-state index in [2.05, 4.69) is 12.1 Å². The van der Waals surface area contributed by atoms with Crippen LogP contribution in [0.3, 0.4) is 0 Å². The van der Waals surface area contributed by atoms with Crippen molar-refractivity contribution in [3.63, 3.8) is 0 Å². The second-order valence-electron chi connectivity index (χ2n) is 7.92. The van der Waals surface area contributed by atoms with E-state index in [9.17, 15) is 4.79 Å². The number of ether oxygens (including phenoxy) is 1. The van der Waals surface area contributed by atoms with Gasteiger partial charge < -0.3 is 4.74 Å². The number of amides is 1. The maximum Gasteiger partial charge on any atom is 0.257 e. The van der Waals surface area contributed by atoms with Gasteiger partial charge in [-0.3, -0.25) is 9.69 Å². The van der Waals surface area contributed by atoms with Gasteiger partial charge in [0, 0.05) is 23.6 Å². The fraction of sp³-hybridized carbons (Fsp3) is 0.231. The molecule has 3 aromatic rings. The lowest BCUT2D eigenvalue weighted by Crippen LogP contribution is -2.36. The Hall–Kier alpha value is -3.15. The molecular formula is C26H26ClN3O2. The molecular weight excluding hydrogens is 422 g/mol. The molecule has 1 aliphatic heterocycles. The minimum atomic E-state index is -0.248. The zero-order chi connectivity index (χ0) is 22.5. The van der Waals surface area contributed by atoms with Crippen molar-refractivity contribution >= 4 is 23.2 Å². The number of halogens is 1. The second-order valence-corrected chi connectivity index (χ2v) is 8.32. The van der Waals surface area contributed by atoms with E-state index in [4.69, 9.17) is 21.4 Å². The number of nitrogens with zero attached hydrogens (tertiary/aromatic N) is 3. The quantitative estimate of drug-likeness (QED) is 0.502. The summed E-state index contributed by atoms with van der Waals surface area (Å²) in [5, 5.41) is 6.98. The van der Waals surface area contributed by atoms with Crippen LogP contribution in [0, 0.1) is 0 Å². The van der Waals surface area contributed by atoms with Crippen LogP contribution in [0.15, 0.2) is 84.0 Å². The molecule has 0 spiro atoms. The van der Waals surface area contributed by atoms with Gasteiger partial charge >= 0.3 is 0 Å². The smallest absolute Gasteiger partial charge is 0.257 e. The normalized spacial score (nSPS) is 15.7. The predicted molar refractivity (Wildman–Crippen MR) is 128 cm³/mol. The average Bonchev–Trinajstić information content (AvgIpc) is 3.25. The summed E-state index contributed by atoms with van der Waals surface area (Å²) < 4.78 is 5.37. The standard InChI is InChI=1S/C26H26ClN3O2/c1-29(17-19-9-4-3-5-10-19)18-26(31)30-25(22-13-6-7-14-23(22)27)16-24(28-30)20-11-8-12-21(15-20)32-2/h3-15,25H,16-18H2,1-2H3/t25-/m1/s1. The Bertz CT molecular complexity index is 1120. The van der Waals surface area contributed by atoms with Crippen molar-refractivity contribution in [3.8, 4) is 5.75 Å². The Morgan fingerprint density at radius 1 is 1.09 bits per heavy atom. The van der Waals surface area contributed by atoms with E-state index in [-0.39, 0.29) is 18.5 Å². The van der Waals surface area contributed by atoms with Crippen LogP contribution in [-0.2, 0) is 11.3 Å². The zero-order valence-corrected chi connectivity index (χ0v) is 19.0. The summed E-state index contributed by atoms with van der Waals surface area (Å²) in [4.78, 5) is 15.4. The van der Waals surface area contributed by atoms with Crippen LogP contribution >= 0.6 is 11.6 Å². The second kappa shape index (κ2) is 9.98. The summed E-state index contributed by atoms with van der Waals surface area (Å²) in [7, 11) is 3.58. The number of hydrogen-bond acceptors (Lipinski definition) is 4. The molecule has 5 nitrogen and oxygen atoms in total. The molecule has 164 valence electrons. The van der Waals surface area contributed by atoms with E-state index in [0.29, 0.717) is 18.0 Å². The highest BCUT2D eigenvalue weighted by Crippen LogP contribution is 2.36. The molecule has 32 heavy (non-hydrogen) atoms. The number of methoxy groups -OCH3 is 1. The molecule has 0 radical (unpaired) electrons. The number of carbonyl (C=O) groups is 1. The Morgan fingerprint density at radius 2 is 1.84 bits per heavy atom. The minimum Gasteiger partial charge on any atom is -0.497 e. The number of hydrazone groups is 1. The third-order valence-electron chi connectivity index (χ3n) is 5.53. The maximum atomic E-state index is 13.4. The highest BCUT2D eigenvalue weighted by molar-refractivity contribution is 6.31. The summed E-state index contributed by atoms with van der Waals surface area (Å²) in [5.41, 5.74) is 3.84. The van der Waals surface area contributed by atoms with Crippen molar-refractivity contribution in [2.75, 3.05) is 20.7 Å². The lowest BCUT2D eigenvalue weighted by Gasteiger charge is -2.25. The lowest BCUT2D eigenvalue weighted by atomic mass is 9.98. The topological polar surface area (TPSA) is 45.1 Å². The van der Waals surface area contributed by atoms with Crippen molar-refractivity contribution in [3.05, 3.63) is 101 Å². The Kier molecular flexibility index (Phi) is 6.88. The first-order chi connectivity index (χ1) is 15.5. The van der Waals surface area contributed by atoms with Crippen molar-refractivity contribution in [1.82, 2.24) is 9.91 Å². The van der Waals surface area contributed by atoms with Crippen LogP contribution < -0.4 is 4.74 Å². The van der Waals surface area contributed by atoms with Crippen molar-refractivity contribution in [2.24, 2.45) is 5.10 Å². The summed E-state index contributed by atoms with van der Waals surface area (Å²) in [6, 6.07) is 25.3. The molecule has 1 atom stereocenters. The number of likely N-dealkylation sites (N-methyl/N-ethyl adjacent to an activating group) is 1. The van der Waals surface area contributed by atoms with Crippen LogP contribution in [0.25, 0.3) is 0 Å². The summed E-state index contributed by atoms with van der Waals surface area (Å²) >= 11 is 6.51. The highest BCUT2D eigenvalue weighted by Gasteiger charge is 2.34.